The molecule has 0 saturated carbocycles. The van der Waals surface area contributed by atoms with Gasteiger partial charge in [-0.15, -0.1) is 0 Å². The van der Waals surface area contributed by atoms with Gasteiger partial charge in [-0.1, -0.05) is 59.1 Å². The number of amides is 1. The zero-order valence-corrected chi connectivity index (χ0v) is 20.4. The Balaban J connectivity index is 1.71. The van der Waals surface area contributed by atoms with Gasteiger partial charge >= 0.3 is 0 Å². The van der Waals surface area contributed by atoms with E-state index in [1.54, 1.807) is 0 Å². The summed E-state index contributed by atoms with van der Waals surface area (Å²) in [6.45, 7) is 13.2. The van der Waals surface area contributed by atoms with Crippen LogP contribution in [0.1, 0.15) is 89.7 Å². The Morgan fingerprint density at radius 3 is 2.77 bits per heavy atom. The van der Waals surface area contributed by atoms with Crippen LogP contribution in [0.25, 0.3) is 0 Å². The van der Waals surface area contributed by atoms with E-state index in [0.717, 1.165) is 57.7 Å². The van der Waals surface area contributed by atoms with E-state index in [2.05, 4.69) is 55.7 Å². The Labute approximate surface area is 190 Å². The molecule has 0 spiro atoms. The quantitative estimate of drug-likeness (QED) is 0.432. The highest BCUT2D eigenvalue weighted by molar-refractivity contribution is 5.78. The minimum atomic E-state index is 0.325. The lowest BCUT2D eigenvalue weighted by Crippen LogP contribution is -2.43. The van der Waals surface area contributed by atoms with Crippen LogP contribution in [0.5, 0.6) is 5.75 Å². The molecule has 0 radical (unpaired) electrons. The van der Waals surface area contributed by atoms with Crippen LogP contribution < -0.4 is 4.74 Å². The Bertz CT molecular complexity index is 704. The van der Waals surface area contributed by atoms with E-state index in [-0.39, 0.29) is 0 Å². The first-order valence-corrected chi connectivity index (χ1v) is 12.8. The van der Waals surface area contributed by atoms with Crippen molar-refractivity contribution in [2.24, 2.45) is 5.92 Å². The molecule has 3 unspecified atom stereocenters. The lowest BCUT2D eigenvalue weighted by molar-refractivity contribution is -0.132. The van der Waals surface area contributed by atoms with Gasteiger partial charge in [0.05, 0.1) is 13.2 Å². The normalized spacial score (nSPS) is 21.7. The molecule has 174 valence electrons. The lowest BCUT2D eigenvalue weighted by Gasteiger charge is -2.29. The zero-order chi connectivity index (χ0) is 22.2. The fourth-order valence-corrected chi connectivity index (χ4v) is 5.45. The van der Waals surface area contributed by atoms with Crippen LogP contribution in [-0.4, -0.2) is 54.5 Å². The predicted molar refractivity (Wildman–Crippen MR) is 129 cm³/mol. The molecule has 0 aromatic heterocycles. The number of nitrogens with zero attached hydrogens (tertiary/aromatic N) is 2. The van der Waals surface area contributed by atoms with Gasteiger partial charge in [-0.3, -0.25) is 9.69 Å². The van der Waals surface area contributed by atoms with Crippen molar-refractivity contribution in [3.8, 4) is 5.75 Å². The van der Waals surface area contributed by atoms with Gasteiger partial charge in [0.15, 0.2) is 0 Å². The molecule has 2 heterocycles. The molecule has 1 amide bonds. The molecular weight excluding hydrogens is 384 g/mol. The van der Waals surface area contributed by atoms with Crippen LogP contribution in [0.2, 0.25) is 0 Å². The number of rotatable bonds is 12. The third-order valence-corrected chi connectivity index (χ3v) is 7.13. The maximum absolute atomic E-state index is 13.2. The third-order valence-electron chi connectivity index (χ3n) is 7.13. The first kappa shape index (κ1) is 24.1. The van der Waals surface area contributed by atoms with E-state index in [4.69, 9.17) is 4.74 Å². The lowest BCUT2D eigenvalue weighted by atomic mass is 9.90. The molecule has 0 aliphatic carbocycles. The van der Waals surface area contributed by atoms with Gasteiger partial charge in [-0.25, -0.2) is 0 Å². The maximum Gasteiger partial charge on any atom is 0.236 e. The van der Waals surface area contributed by atoms with Crippen LogP contribution in [0.3, 0.4) is 0 Å². The highest BCUT2D eigenvalue weighted by atomic mass is 16.5. The number of carbonyl (C=O) groups is 1. The average molecular weight is 429 g/mol. The van der Waals surface area contributed by atoms with Crippen molar-refractivity contribution in [1.29, 1.82) is 0 Å². The SMILES string of the molecule is CCCCN(CCC)C(=O)CN1CC(c2ccc3c(c2)CCO3)CC1CC(C)CCC. The van der Waals surface area contributed by atoms with Crippen molar-refractivity contribution in [3.05, 3.63) is 29.3 Å². The molecule has 1 saturated heterocycles. The number of hydrogen-bond acceptors (Lipinski definition) is 3. The number of ether oxygens (including phenoxy) is 1. The molecule has 4 heteroatoms. The van der Waals surface area contributed by atoms with Gasteiger partial charge in [0, 0.05) is 32.1 Å². The fourth-order valence-electron chi connectivity index (χ4n) is 5.45. The van der Waals surface area contributed by atoms with Crippen molar-refractivity contribution in [2.75, 3.05) is 32.8 Å². The second-order valence-electron chi connectivity index (χ2n) is 9.85. The van der Waals surface area contributed by atoms with Crippen LogP contribution in [0, 0.1) is 5.92 Å². The maximum atomic E-state index is 13.2. The van der Waals surface area contributed by atoms with Crippen molar-refractivity contribution in [2.45, 2.75) is 91.0 Å². The van der Waals surface area contributed by atoms with Gasteiger partial charge in [0.25, 0.3) is 0 Å². The molecule has 1 aromatic rings. The molecule has 1 aromatic carbocycles. The average Bonchev–Trinajstić information content (AvgIpc) is 3.37. The smallest absolute Gasteiger partial charge is 0.236 e. The first-order chi connectivity index (χ1) is 15.0. The van der Waals surface area contributed by atoms with Gasteiger partial charge in [0.2, 0.25) is 5.91 Å². The van der Waals surface area contributed by atoms with Crippen molar-refractivity contribution >= 4 is 5.91 Å². The summed E-state index contributed by atoms with van der Waals surface area (Å²) in [6, 6.07) is 7.30. The summed E-state index contributed by atoms with van der Waals surface area (Å²) in [6.07, 6.45) is 9.18. The Kier molecular flexibility index (Phi) is 9.25. The summed E-state index contributed by atoms with van der Waals surface area (Å²) in [4.78, 5) is 17.8. The first-order valence-electron chi connectivity index (χ1n) is 12.8. The third kappa shape index (κ3) is 6.47. The number of fused-ring (bicyclic) bond motifs is 1. The van der Waals surface area contributed by atoms with Crippen molar-refractivity contribution in [1.82, 2.24) is 9.80 Å². The standard InChI is InChI=1S/C27H44N2O2/c1-5-8-14-28(13-7-3)27(30)20-29-19-24(18-25(29)16-21(4)9-6-2)22-10-11-26-23(17-22)12-15-31-26/h10-11,17,21,24-25H,5-9,12-16,18-20H2,1-4H3. The highest BCUT2D eigenvalue weighted by Gasteiger charge is 2.35. The minimum Gasteiger partial charge on any atom is -0.493 e. The fraction of sp³-hybridized carbons (Fsp3) is 0.741. The van der Waals surface area contributed by atoms with Crippen LogP contribution >= 0.6 is 0 Å². The summed E-state index contributed by atoms with van der Waals surface area (Å²) in [7, 11) is 0. The number of benzene rings is 1. The molecule has 3 atom stereocenters. The number of hydrogen-bond donors (Lipinski definition) is 0. The Hall–Kier alpha value is -1.55. The van der Waals surface area contributed by atoms with Gasteiger partial charge < -0.3 is 9.64 Å². The van der Waals surface area contributed by atoms with E-state index in [0.29, 0.717) is 30.3 Å². The predicted octanol–water partition coefficient (Wildman–Crippen LogP) is 5.64. The Morgan fingerprint density at radius 2 is 2.03 bits per heavy atom. The molecular formula is C27H44N2O2. The van der Waals surface area contributed by atoms with E-state index in [1.165, 1.54) is 36.8 Å². The number of unbranched alkanes of at least 4 members (excludes halogenated alkanes) is 1. The van der Waals surface area contributed by atoms with Crippen molar-refractivity contribution < 1.29 is 9.53 Å². The number of likely N-dealkylation sites (tertiary alicyclic amines) is 1. The largest absolute Gasteiger partial charge is 0.493 e. The second kappa shape index (κ2) is 11.9. The summed E-state index contributed by atoms with van der Waals surface area (Å²) >= 11 is 0. The molecule has 31 heavy (non-hydrogen) atoms. The molecule has 3 rings (SSSR count). The van der Waals surface area contributed by atoms with E-state index >= 15 is 0 Å². The van der Waals surface area contributed by atoms with Crippen molar-refractivity contribution in [3.63, 3.8) is 0 Å². The summed E-state index contributed by atoms with van der Waals surface area (Å²) < 4.78 is 5.71. The summed E-state index contributed by atoms with van der Waals surface area (Å²) in [5.41, 5.74) is 2.79. The topological polar surface area (TPSA) is 32.8 Å². The molecule has 4 nitrogen and oxygen atoms in total. The monoisotopic (exact) mass is 428 g/mol. The molecule has 1 fully saturated rings. The summed E-state index contributed by atoms with van der Waals surface area (Å²) in [5.74, 6) is 2.62. The van der Waals surface area contributed by atoms with Gasteiger partial charge in [0.1, 0.15) is 5.75 Å². The zero-order valence-electron chi connectivity index (χ0n) is 20.4. The minimum absolute atomic E-state index is 0.325. The molecule has 0 bridgehead atoms. The number of carbonyl (C=O) groups excluding carboxylic acids is 1. The van der Waals surface area contributed by atoms with Gasteiger partial charge in [-0.05, 0) is 54.7 Å². The van der Waals surface area contributed by atoms with Crippen LogP contribution in [0.15, 0.2) is 18.2 Å². The summed E-state index contributed by atoms with van der Waals surface area (Å²) in [5, 5.41) is 0. The molecule has 2 aliphatic rings. The second-order valence-corrected chi connectivity index (χ2v) is 9.85. The molecule has 0 N–H and O–H groups in total. The van der Waals surface area contributed by atoms with E-state index in [9.17, 15) is 4.79 Å². The van der Waals surface area contributed by atoms with Crippen LogP contribution in [-0.2, 0) is 11.2 Å². The Morgan fingerprint density at radius 1 is 1.19 bits per heavy atom. The highest BCUT2D eigenvalue weighted by Crippen LogP contribution is 2.37. The van der Waals surface area contributed by atoms with E-state index < -0.39 is 0 Å². The molecule has 2 aliphatic heterocycles. The van der Waals surface area contributed by atoms with Crippen LogP contribution in [0.4, 0.5) is 0 Å². The van der Waals surface area contributed by atoms with E-state index in [1.807, 2.05) is 0 Å². The van der Waals surface area contributed by atoms with Gasteiger partial charge in [-0.2, -0.15) is 0 Å².